The third-order valence-electron chi connectivity index (χ3n) is 2.96. The molecule has 0 saturated heterocycles. The van der Waals surface area contributed by atoms with Crippen LogP contribution in [0.3, 0.4) is 0 Å². The number of anilines is 1. The number of aromatic nitrogens is 3. The number of esters is 1. The molecule has 0 radical (unpaired) electrons. The Kier molecular flexibility index (Phi) is 3.69. The summed E-state index contributed by atoms with van der Waals surface area (Å²) in [7, 11) is 1.38. The van der Waals surface area contributed by atoms with Crippen LogP contribution < -0.4 is 5.32 Å². The lowest BCUT2D eigenvalue weighted by atomic mass is 10.1. The van der Waals surface area contributed by atoms with Crippen LogP contribution in [0.5, 0.6) is 0 Å². The third kappa shape index (κ3) is 2.67. The van der Waals surface area contributed by atoms with Crippen LogP contribution in [-0.2, 0) is 9.53 Å². The smallest absolute Gasteiger partial charge is 0.328 e. The number of nitrogens with zero attached hydrogens (tertiary/aromatic N) is 3. The molecule has 0 aliphatic rings. The largest absolute Gasteiger partial charge is 0.467 e. The standard InChI is InChI=1S/C13H18N4O2/c1-8(2)10(12(18)19-4)14-13-15-11-9(3)6-5-7-17(11)16-13/h5-8,10H,1-4H3,(H,14,16). The van der Waals surface area contributed by atoms with Gasteiger partial charge in [0.1, 0.15) is 6.04 Å². The number of hydrogen-bond donors (Lipinski definition) is 1. The van der Waals surface area contributed by atoms with E-state index >= 15 is 0 Å². The molecule has 0 aliphatic carbocycles. The normalized spacial score (nSPS) is 12.7. The van der Waals surface area contributed by atoms with E-state index in [0.717, 1.165) is 11.2 Å². The number of carbonyl (C=O) groups is 1. The van der Waals surface area contributed by atoms with Gasteiger partial charge in [-0.15, -0.1) is 5.10 Å². The van der Waals surface area contributed by atoms with Crippen LogP contribution in [0.4, 0.5) is 5.95 Å². The highest BCUT2D eigenvalue weighted by atomic mass is 16.5. The molecule has 0 spiro atoms. The van der Waals surface area contributed by atoms with Crippen molar-refractivity contribution in [2.75, 3.05) is 12.4 Å². The number of pyridine rings is 1. The molecule has 2 heterocycles. The Morgan fingerprint density at radius 2 is 2.21 bits per heavy atom. The van der Waals surface area contributed by atoms with Gasteiger partial charge in [-0.05, 0) is 24.5 Å². The maximum atomic E-state index is 11.7. The summed E-state index contributed by atoms with van der Waals surface area (Å²) in [5.41, 5.74) is 1.81. The van der Waals surface area contributed by atoms with Gasteiger partial charge in [0, 0.05) is 6.20 Å². The van der Waals surface area contributed by atoms with Crippen LogP contribution in [0, 0.1) is 12.8 Å². The topological polar surface area (TPSA) is 68.5 Å². The molecule has 102 valence electrons. The lowest BCUT2D eigenvalue weighted by molar-refractivity contribution is -0.142. The van der Waals surface area contributed by atoms with Crippen LogP contribution in [-0.4, -0.2) is 33.7 Å². The average molecular weight is 262 g/mol. The Morgan fingerprint density at radius 3 is 2.79 bits per heavy atom. The molecular weight excluding hydrogens is 244 g/mol. The van der Waals surface area contributed by atoms with Gasteiger partial charge in [-0.25, -0.2) is 9.31 Å². The zero-order valence-electron chi connectivity index (χ0n) is 11.5. The fourth-order valence-corrected chi connectivity index (χ4v) is 1.86. The minimum Gasteiger partial charge on any atom is -0.467 e. The summed E-state index contributed by atoms with van der Waals surface area (Å²) in [6, 6.07) is 3.41. The first-order chi connectivity index (χ1) is 9.02. The summed E-state index contributed by atoms with van der Waals surface area (Å²) >= 11 is 0. The summed E-state index contributed by atoms with van der Waals surface area (Å²) in [5.74, 6) is 0.198. The van der Waals surface area contributed by atoms with Gasteiger partial charge < -0.3 is 10.1 Å². The van der Waals surface area contributed by atoms with Crippen molar-refractivity contribution in [3.05, 3.63) is 23.9 Å². The molecule has 1 unspecified atom stereocenters. The van der Waals surface area contributed by atoms with Gasteiger partial charge in [0.25, 0.3) is 0 Å². The number of ether oxygens (including phenoxy) is 1. The maximum absolute atomic E-state index is 11.7. The van der Waals surface area contributed by atoms with Gasteiger partial charge >= 0.3 is 5.97 Å². The van der Waals surface area contributed by atoms with Crippen molar-refractivity contribution in [3.63, 3.8) is 0 Å². The Hall–Kier alpha value is -2.11. The van der Waals surface area contributed by atoms with Crippen LogP contribution in [0.25, 0.3) is 5.65 Å². The summed E-state index contributed by atoms with van der Waals surface area (Å²) in [4.78, 5) is 16.1. The predicted octanol–water partition coefficient (Wildman–Crippen LogP) is 1.65. The molecule has 6 heteroatoms. The van der Waals surface area contributed by atoms with E-state index in [2.05, 4.69) is 15.4 Å². The van der Waals surface area contributed by atoms with Crippen molar-refractivity contribution >= 4 is 17.6 Å². The molecule has 2 rings (SSSR count). The summed E-state index contributed by atoms with van der Waals surface area (Å²) in [6.45, 7) is 5.85. The Balaban J connectivity index is 2.29. The predicted molar refractivity (Wildman–Crippen MR) is 72.0 cm³/mol. The van der Waals surface area contributed by atoms with Gasteiger partial charge in [0.15, 0.2) is 5.65 Å². The van der Waals surface area contributed by atoms with Crippen molar-refractivity contribution in [2.45, 2.75) is 26.8 Å². The highest BCUT2D eigenvalue weighted by molar-refractivity contribution is 5.78. The summed E-state index contributed by atoms with van der Waals surface area (Å²) in [6.07, 6.45) is 1.82. The Morgan fingerprint density at radius 1 is 1.47 bits per heavy atom. The number of carbonyl (C=O) groups excluding carboxylic acids is 1. The first-order valence-corrected chi connectivity index (χ1v) is 6.19. The fraction of sp³-hybridized carbons (Fsp3) is 0.462. The van der Waals surface area contributed by atoms with Gasteiger partial charge in [-0.1, -0.05) is 19.9 Å². The van der Waals surface area contributed by atoms with Gasteiger partial charge in [-0.2, -0.15) is 4.98 Å². The second-order valence-corrected chi connectivity index (χ2v) is 4.78. The number of rotatable bonds is 4. The fourth-order valence-electron chi connectivity index (χ4n) is 1.86. The van der Waals surface area contributed by atoms with Crippen LogP contribution in [0.2, 0.25) is 0 Å². The third-order valence-corrected chi connectivity index (χ3v) is 2.96. The second-order valence-electron chi connectivity index (χ2n) is 4.78. The minimum atomic E-state index is -0.456. The number of nitrogens with one attached hydrogen (secondary N) is 1. The lowest BCUT2D eigenvalue weighted by Gasteiger charge is -2.18. The first-order valence-electron chi connectivity index (χ1n) is 6.19. The molecule has 0 saturated carbocycles. The summed E-state index contributed by atoms with van der Waals surface area (Å²) < 4.78 is 6.47. The van der Waals surface area contributed by atoms with Crippen molar-refractivity contribution < 1.29 is 9.53 Å². The van der Waals surface area contributed by atoms with Crippen LogP contribution in [0.1, 0.15) is 19.4 Å². The Bertz CT molecular complexity index is 591. The zero-order chi connectivity index (χ0) is 14.0. The van der Waals surface area contributed by atoms with Gasteiger partial charge in [-0.3, -0.25) is 0 Å². The number of hydrogen-bond acceptors (Lipinski definition) is 5. The molecule has 1 N–H and O–H groups in total. The quantitative estimate of drug-likeness (QED) is 0.848. The monoisotopic (exact) mass is 262 g/mol. The zero-order valence-corrected chi connectivity index (χ0v) is 11.5. The maximum Gasteiger partial charge on any atom is 0.328 e. The number of methoxy groups -OCH3 is 1. The van der Waals surface area contributed by atoms with E-state index in [1.165, 1.54) is 7.11 Å². The van der Waals surface area contributed by atoms with Crippen LogP contribution in [0.15, 0.2) is 18.3 Å². The molecule has 6 nitrogen and oxygen atoms in total. The Labute approximate surface area is 111 Å². The van der Waals surface area contributed by atoms with Gasteiger partial charge in [0.2, 0.25) is 5.95 Å². The van der Waals surface area contributed by atoms with E-state index in [-0.39, 0.29) is 11.9 Å². The van der Waals surface area contributed by atoms with Crippen molar-refractivity contribution in [2.24, 2.45) is 5.92 Å². The average Bonchev–Trinajstić information content (AvgIpc) is 2.79. The van der Waals surface area contributed by atoms with E-state index < -0.39 is 6.04 Å². The summed E-state index contributed by atoms with van der Waals surface area (Å²) in [5, 5.41) is 7.33. The molecule has 2 aromatic rings. The highest BCUT2D eigenvalue weighted by Gasteiger charge is 2.24. The molecule has 0 aromatic carbocycles. The molecular formula is C13H18N4O2. The molecule has 2 aromatic heterocycles. The van der Waals surface area contributed by atoms with Gasteiger partial charge in [0.05, 0.1) is 7.11 Å². The molecule has 1 atom stereocenters. The lowest BCUT2D eigenvalue weighted by Crippen LogP contribution is -2.35. The number of aryl methyl sites for hydroxylation is 1. The molecule has 0 amide bonds. The SMILES string of the molecule is COC(=O)C(Nc1nc2c(C)cccn2n1)C(C)C. The highest BCUT2D eigenvalue weighted by Crippen LogP contribution is 2.13. The van der Waals surface area contributed by atoms with Crippen molar-refractivity contribution in [1.82, 2.24) is 14.6 Å². The molecule has 0 fully saturated rings. The molecule has 19 heavy (non-hydrogen) atoms. The number of fused-ring (bicyclic) bond motifs is 1. The van der Waals surface area contributed by atoms with Crippen molar-refractivity contribution in [3.8, 4) is 0 Å². The van der Waals surface area contributed by atoms with Crippen molar-refractivity contribution in [1.29, 1.82) is 0 Å². The van der Waals surface area contributed by atoms with E-state index in [1.54, 1.807) is 4.52 Å². The van der Waals surface area contributed by atoms with E-state index in [1.807, 2.05) is 39.1 Å². The van der Waals surface area contributed by atoms with E-state index in [9.17, 15) is 4.79 Å². The minimum absolute atomic E-state index is 0.0835. The van der Waals surface area contributed by atoms with E-state index in [0.29, 0.717) is 5.95 Å². The molecule has 0 aliphatic heterocycles. The van der Waals surface area contributed by atoms with E-state index in [4.69, 9.17) is 4.74 Å². The second kappa shape index (κ2) is 5.26. The first kappa shape index (κ1) is 13.3. The van der Waals surface area contributed by atoms with Crippen LogP contribution >= 0.6 is 0 Å². The molecule has 0 bridgehead atoms.